The molecule has 0 amide bonds. The van der Waals surface area contributed by atoms with Gasteiger partial charge in [0.05, 0.1) is 16.1 Å². The van der Waals surface area contributed by atoms with E-state index < -0.39 is 6.10 Å². The smallest absolute Gasteiger partial charge is 0.0818 e. The summed E-state index contributed by atoms with van der Waals surface area (Å²) in [4.78, 5) is 0. The second-order valence-electron chi connectivity index (χ2n) is 6.12. The Hall–Kier alpha value is -0.240. The minimum absolute atomic E-state index is 0.343. The van der Waals surface area contributed by atoms with Crippen LogP contribution in [0, 0.1) is 11.3 Å². The van der Waals surface area contributed by atoms with Gasteiger partial charge in [-0.1, -0.05) is 43.1 Å². The summed E-state index contributed by atoms with van der Waals surface area (Å²) in [5, 5.41) is 11.5. The van der Waals surface area contributed by atoms with E-state index in [1.807, 2.05) is 6.07 Å². The SMILES string of the molecule is CC1(C)CCC(C(O)c2ccc(Cl)c(Cl)c2)CC1. The molecule has 1 N–H and O–H groups in total. The van der Waals surface area contributed by atoms with Crippen molar-refractivity contribution >= 4 is 23.2 Å². The highest BCUT2D eigenvalue weighted by Gasteiger charge is 2.31. The highest BCUT2D eigenvalue weighted by molar-refractivity contribution is 6.42. The predicted molar refractivity (Wildman–Crippen MR) is 77.2 cm³/mol. The van der Waals surface area contributed by atoms with Crippen LogP contribution in [0.15, 0.2) is 18.2 Å². The van der Waals surface area contributed by atoms with E-state index in [1.165, 1.54) is 12.8 Å². The number of hydrogen-bond donors (Lipinski definition) is 1. The summed E-state index contributed by atoms with van der Waals surface area (Å²) in [6.45, 7) is 4.60. The van der Waals surface area contributed by atoms with Crippen LogP contribution in [0.3, 0.4) is 0 Å². The van der Waals surface area contributed by atoms with Crippen molar-refractivity contribution in [2.75, 3.05) is 0 Å². The fourth-order valence-corrected chi connectivity index (χ4v) is 3.01. The third-order valence-corrected chi connectivity index (χ3v) is 4.85. The molecule has 0 heterocycles. The Morgan fingerprint density at radius 3 is 2.33 bits per heavy atom. The first-order valence-corrected chi connectivity index (χ1v) is 7.28. The Labute approximate surface area is 119 Å². The van der Waals surface area contributed by atoms with Crippen molar-refractivity contribution in [2.45, 2.75) is 45.6 Å². The summed E-state index contributed by atoms with van der Waals surface area (Å²) >= 11 is 11.9. The Kier molecular flexibility index (Phi) is 4.25. The number of aliphatic hydroxyl groups is 1. The van der Waals surface area contributed by atoms with Gasteiger partial charge < -0.3 is 5.11 Å². The average molecular weight is 287 g/mol. The van der Waals surface area contributed by atoms with Crippen molar-refractivity contribution in [3.05, 3.63) is 33.8 Å². The third kappa shape index (κ3) is 3.20. The van der Waals surface area contributed by atoms with E-state index in [-0.39, 0.29) is 0 Å². The van der Waals surface area contributed by atoms with Gasteiger partial charge in [0, 0.05) is 0 Å². The predicted octanol–water partition coefficient (Wildman–Crippen LogP) is 5.24. The molecular weight excluding hydrogens is 267 g/mol. The monoisotopic (exact) mass is 286 g/mol. The Morgan fingerprint density at radius 2 is 1.78 bits per heavy atom. The minimum atomic E-state index is -0.420. The van der Waals surface area contributed by atoms with Crippen LogP contribution < -0.4 is 0 Å². The summed E-state index contributed by atoms with van der Waals surface area (Å²) < 4.78 is 0. The topological polar surface area (TPSA) is 20.2 Å². The molecule has 1 atom stereocenters. The van der Waals surface area contributed by atoms with E-state index in [9.17, 15) is 5.11 Å². The molecule has 0 bridgehead atoms. The van der Waals surface area contributed by atoms with Gasteiger partial charge >= 0.3 is 0 Å². The van der Waals surface area contributed by atoms with Gasteiger partial charge in [-0.3, -0.25) is 0 Å². The van der Waals surface area contributed by atoms with Crippen LogP contribution in [-0.4, -0.2) is 5.11 Å². The molecule has 18 heavy (non-hydrogen) atoms. The van der Waals surface area contributed by atoms with Crippen LogP contribution in [0.4, 0.5) is 0 Å². The van der Waals surface area contributed by atoms with Crippen LogP contribution >= 0.6 is 23.2 Å². The van der Waals surface area contributed by atoms with Crippen molar-refractivity contribution in [3.8, 4) is 0 Å². The maximum Gasteiger partial charge on any atom is 0.0818 e. The van der Waals surface area contributed by atoms with E-state index in [0.29, 0.717) is 21.4 Å². The molecule has 0 aromatic heterocycles. The molecule has 3 heteroatoms. The lowest BCUT2D eigenvalue weighted by Crippen LogP contribution is -2.25. The lowest BCUT2D eigenvalue weighted by atomic mass is 9.71. The molecule has 0 saturated heterocycles. The van der Waals surface area contributed by atoms with Gasteiger partial charge in [0.25, 0.3) is 0 Å². The van der Waals surface area contributed by atoms with Gasteiger partial charge in [0.1, 0.15) is 0 Å². The molecule has 100 valence electrons. The molecule has 1 aromatic carbocycles. The number of benzene rings is 1. The molecule has 1 fully saturated rings. The molecule has 0 aliphatic heterocycles. The van der Waals surface area contributed by atoms with E-state index in [2.05, 4.69) is 13.8 Å². The Balaban J connectivity index is 2.07. The largest absolute Gasteiger partial charge is 0.388 e. The fourth-order valence-electron chi connectivity index (χ4n) is 2.71. The maximum absolute atomic E-state index is 10.4. The van der Waals surface area contributed by atoms with Crippen LogP contribution in [0.5, 0.6) is 0 Å². The van der Waals surface area contributed by atoms with Crippen LogP contribution in [0.25, 0.3) is 0 Å². The zero-order valence-corrected chi connectivity index (χ0v) is 12.4. The van der Waals surface area contributed by atoms with Gasteiger partial charge in [0.2, 0.25) is 0 Å². The number of aliphatic hydroxyl groups excluding tert-OH is 1. The normalized spacial score (nSPS) is 21.8. The van der Waals surface area contributed by atoms with Crippen LogP contribution in [-0.2, 0) is 0 Å². The second kappa shape index (κ2) is 5.40. The summed E-state index contributed by atoms with van der Waals surface area (Å²) in [6, 6.07) is 5.42. The fraction of sp³-hybridized carbons (Fsp3) is 0.600. The first-order chi connectivity index (χ1) is 8.39. The molecule has 1 aliphatic rings. The summed E-state index contributed by atoms with van der Waals surface area (Å²) in [5.74, 6) is 0.343. The summed E-state index contributed by atoms with van der Waals surface area (Å²) in [6.07, 6.45) is 4.09. The first kappa shape index (κ1) is 14.2. The van der Waals surface area contributed by atoms with Crippen LogP contribution in [0.1, 0.15) is 51.2 Å². The minimum Gasteiger partial charge on any atom is -0.388 e. The van der Waals surface area contributed by atoms with E-state index >= 15 is 0 Å². The van der Waals surface area contributed by atoms with Gasteiger partial charge in [-0.25, -0.2) is 0 Å². The molecule has 1 aromatic rings. The molecule has 0 spiro atoms. The van der Waals surface area contributed by atoms with Crippen molar-refractivity contribution in [1.29, 1.82) is 0 Å². The number of rotatable bonds is 2. The van der Waals surface area contributed by atoms with Crippen molar-refractivity contribution in [1.82, 2.24) is 0 Å². The zero-order valence-electron chi connectivity index (χ0n) is 10.9. The Bertz CT molecular complexity index is 419. The quantitative estimate of drug-likeness (QED) is 0.788. The molecule has 1 nitrogen and oxygen atoms in total. The number of halogens is 2. The van der Waals surface area contributed by atoms with Crippen LogP contribution in [0.2, 0.25) is 10.0 Å². The van der Waals surface area contributed by atoms with Crippen molar-refractivity contribution < 1.29 is 5.11 Å². The average Bonchev–Trinajstić information content (AvgIpc) is 2.32. The highest BCUT2D eigenvalue weighted by Crippen LogP contribution is 2.43. The summed E-state index contributed by atoms with van der Waals surface area (Å²) in [7, 11) is 0. The lowest BCUT2D eigenvalue weighted by Gasteiger charge is -2.36. The molecule has 2 rings (SSSR count). The molecule has 1 saturated carbocycles. The first-order valence-electron chi connectivity index (χ1n) is 6.52. The van der Waals surface area contributed by atoms with Gasteiger partial charge in [0.15, 0.2) is 0 Å². The third-order valence-electron chi connectivity index (χ3n) is 4.12. The van der Waals surface area contributed by atoms with Gasteiger partial charge in [-0.15, -0.1) is 0 Å². The maximum atomic E-state index is 10.4. The standard InChI is InChI=1S/C15H20Cl2O/c1-15(2)7-5-10(6-8-15)14(18)11-3-4-12(16)13(17)9-11/h3-4,9-10,14,18H,5-8H2,1-2H3. The van der Waals surface area contributed by atoms with Crippen molar-refractivity contribution in [3.63, 3.8) is 0 Å². The molecule has 1 unspecified atom stereocenters. The molecule has 0 radical (unpaired) electrons. The second-order valence-corrected chi connectivity index (χ2v) is 6.93. The molecule has 1 aliphatic carbocycles. The molecular formula is C15H20Cl2O. The van der Waals surface area contributed by atoms with E-state index in [4.69, 9.17) is 23.2 Å². The van der Waals surface area contributed by atoms with Gasteiger partial charge in [-0.2, -0.15) is 0 Å². The zero-order chi connectivity index (χ0) is 13.3. The summed E-state index contributed by atoms with van der Waals surface area (Å²) in [5.41, 5.74) is 1.31. The lowest BCUT2D eigenvalue weighted by molar-refractivity contribution is 0.0567. The Morgan fingerprint density at radius 1 is 1.17 bits per heavy atom. The van der Waals surface area contributed by atoms with Gasteiger partial charge in [-0.05, 0) is 54.7 Å². The van der Waals surface area contributed by atoms with Crippen molar-refractivity contribution in [2.24, 2.45) is 11.3 Å². The highest BCUT2D eigenvalue weighted by atomic mass is 35.5. The van der Waals surface area contributed by atoms with E-state index in [1.54, 1.807) is 12.1 Å². The van der Waals surface area contributed by atoms with E-state index in [0.717, 1.165) is 18.4 Å². The number of hydrogen-bond acceptors (Lipinski definition) is 1.